The minimum atomic E-state index is -0.115. The van der Waals surface area contributed by atoms with Crippen molar-refractivity contribution in [3.8, 4) is 28.5 Å². The molecule has 65 heavy (non-hydrogen) atoms. The number of para-hydroxylation sites is 1. The molecule has 4 aromatic heterocycles. The molecule has 0 bridgehead atoms. The molecule has 2 aliphatic carbocycles. The number of hydrogen-bond donors (Lipinski definition) is 0. The fourth-order valence-corrected chi connectivity index (χ4v) is 11.2. The highest BCUT2D eigenvalue weighted by molar-refractivity contribution is 6.24. The molecule has 6 heteroatoms. The van der Waals surface area contributed by atoms with E-state index in [0.29, 0.717) is 17.6 Å². The molecule has 3 unspecified atom stereocenters. The zero-order valence-electron chi connectivity index (χ0n) is 35.8. The SMILES string of the molecule is CC1CC=Cc2oc3c(c21)C(C)C(c1nc(-c2cccc4ccccc24)nc(-c2ccc(-n4c5cc6ccccc6cc5c5c6ccccc6ccc54)c4oc5ccccc5c24)n1)C=C3. The van der Waals surface area contributed by atoms with Crippen molar-refractivity contribution in [2.45, 2.75) is 38.0 Å². The van der Waals surface area contributed by atoms with Crippen molar-refractivity contribution in [3.63, 3.8) is 0 Å². The first-order valence-electron chi connectivity index (χ1n) is 22.6. The number of aromatic nitrogens is 4. The summed E-state index contributed by atoms with van der Waals surface area (Å²) in [5.41, 5.74) is 9.21. The summed E-state index contributed by atoms with van der Waals surface area (Å²) in [4.78, 5) is 16.3. The van der Waals surface area contributed by atoms with Crippen molar-refractivity contribution in [3.05, 3.63) is 192 Å². The minimum absolute atomic E-state index is 0.0756. The molecule has 0 amide bonds. The van der Waals surface area contributed by atoms with Gasteiger partial charge in [-0.15, -0.1) is 0 Å². The lowest BCUT2D eigenvalue weighted by Gasteiger charge is -2.26. The fourth-order valence-electron chi connectivity index (χ4n) is 11.2. The van der Waals surface area contributed by atoms with Crippen LogP contribution >= 0.6 is 0 Å². The van der Waals surface area contributed by atoms with Gasteiger partial charge in [0.25, 0.3) is 0 Å². The maximum Gasteiger partial charge on any atom is 0.164 e. The standard InChI is InChI=1S/C59H40N4O2/c1-33-13-11-24-50-52(33)53-34(2)39(27-30-51(53)64-50)57-60-58(42-22-12-18-35-14-5-7-19-40(35)42)62-59(61-57)44-26-29-47(56-55(44)43-21-9-10-23-49(43)65-56)63-46-28-25-36-15-6-8-20-41(36)54(46)45-31-37-16-3-4-17-38(37)32-48(45)63/h3-12,14-34,39H,13H2,1-2H3. The number of hydrogen-bond acceptors (Lipinski definition) is 5. The number of fused-ring (bicyclic) bond motifs is 13. The van der Waals surface area contributed by atoms with Crippen LogP contribution < -0.4 is 0 Å². The van der Waals surface area contributed by atoms with Gasteiger partial charge in [0.2, 0.25) is 0 Å². The summed E-state index contributed by atoms with van der Waals surface area (Å²) in [5, 5.41) is 11.5. The van der Waals surface area contributed by atoms with Crippen LogP contribution in [0.2, 0.25) is 0 Å². The average molecular weight is 837 g/mol. The number of allylic oxidation sites excluding steroid dienone is 2. The Balaban J connectivity index is 1.04. The highest BCUT2D eigenvalue weighted by atomic mass is 16.3. The average Bonchev–Trinajstić information content (AvgIpc) is 4.04. The molecule has 0 fully saturated rings. The van der Waals surface area contributed by atoms with Gasteiger partial charge in [-0.2, -0.15) is 0 Å². The number of furan rings is 2. The van der Waals surface area contributed by atoms with E-state index in [1.807, 2.05) is 6.07 Å². The highest BCUT2D eigenvalue weighted by Crippen LogP contribution is 2.49. The first-order valence-corrected chi connectivity index (χ1v) is 22.6. The summed E-state index contributed by atoms with van der Waals surface area (Å²) in [6, 6.07) is 54.1. The topological polar surface area (TPSA) is 69.9 Å². The predicted molar refractivity (Wildman–Crippen MR) is 266 cm³/mol. The summed E-state index contributed by atoms with van der Waals surface area (Å²) in [6.45, 7) is 4.59. The van der Waals surface area contributed by atoms with E-state index in [2.05, 4.69) is 188 Å². The summed E-state index contributed by atoms with van der Waals surface area (Å²) in [6.07, 6.45) is 9.71. The van der Waals surface area contributed by atoms with Gasteiger partial charge in [-0.1, -0.05) is 141 Å². The molecule has 0 saturated carbocycles. The lowest BCUT2D eigenvalue weighted by atomic mass is 9.77. The van der Waals surface area contributed by atoms with Gasteiger partial charge in [0.15, 0.2) is 17.2 Å². The first-order chi connectivity index (χ1) is 32.1. The Bertz CT molecular complexity index is 4040. The third-order valence-electron chi connectivity index (χ3n) is 14.2. The third-order valence-corrected chi connectivity index (χ3v) is 14.2. The van der Waals surface area contributed by atoms with Crippen molar-refractivity contribution in [1.82, 2.24) is 19.5 Å². The second kappa shape index (κ2) is 13.7. The lowest BCUT2D eigenvalue weighted by molar-refractivity contribution is 0.525. The number of benzene rings is 8. The maximum absolute atomic E-state index is 7.05. The van der Waals surface area contributed by atoms with E-state index < -0.39 is 0 Å². The van der Waals surface area contributed by atoms with E-state index in [1.54, 1.807) is 0 Å². The van der Waals surface area contributed by atoms with Gasteiger partial charge in [-0.3, -0.25) is 0 Å². The first kappa shape index (κ1) is 36.4. The molecule has 2 aliphatic rings. The van der Waals surface area contributed by atoms with Gasteiger partial charge in [0.05, 0.1) is 16.7 Å². The number of nitrogens with zero attached hydrogens (tertiary/aromatic N) is 4. The van der Waals surface area contributed by atoms with Gasteiger partial charge in [-0.05, 0) is 99.1 Å². The Morgan fingerprint density at radius 3 is 2.06 bits per heavy atom. The summed E-state index contributed by atoms with van der Waals surface area (Å²) in [7, 11) is 0. The molecule has 0 radical (unpaired) electrons. The molecule has 0 aliphatic heterocycles. The molecule has 3 atom stereocenters. The van der Waals surface area contributed by atoms with E-state index >= 15 is 0 Å². The molecule has 308 valence electrons. The molecule has 8 aromatic carbocycles. The predicted octanol–water partition coefficient (Wildman–Crippen LogP) is 15.7. The molecular formula is C59H40N4O2. The van der Waals surface area contributed by atoms with Gasteiger partial charge in [-0.25, -0.2) is 15.0 Å². The normalized spacial score (nSPS) is 17.0. The molecule has 0 saturated heterocycles. The molecule has 0 N–H and O–H groups in total. The smallest absolute Gasteiger partial charge is 0.164 e. The molecule has 14 rings (SSSR count). The molecular weight excluding hydrogens is 797 g/mol. The molecule has 4 heterocycles. The van der Waals surface area contributed by atoms with Gasteiger partial charge in [0.1, 0.15) is 22.9 Å². The summed E-state index contributed by atoms with van der Waals surface area (Å²) >= 11 is 0. The van der Waals surface area contributed by atoms with Crippen LogP contribution in [0.3, 0.4) is 0 Å². The minimum Gasteiger partial charge on any atom is -0.457 e. The third kappa shape index (κ3) is 5.31. The van der Waals surface area contributed by atoms with Crippen LogP contribution in [0.15, 0.2) is 173 Å². The van der Waals surface area contributed by atoms with Crippen LogP contribution in [-0.2, 0) is 0 Å². The molecule has 12 aromatic rings. The van der Waals surface area contributed by atoms with Crippen molar-refractivity contribution < 1.29 is 8.83 Å². The lowest BCUT2D eigenvalue weighted by Crippen LogP contribution is -2.17. The molecule has 0 spiro atoms. The van der Waals surface area contributed by atoms with Gasteiger partial charge >= 0.3 is 0 Å². The Morgan fingerprint density at radius 1 is 0.523 bits per heavy atom. The Kier molecular flexibility index (Phi) is 7.67. The Labute approximate surface area is 373 Å². The maximum atomic E-state index is 7.05. The van der Waals surface area contributed by atoms with Crippen LogP contribution in [0, 0.1) is 0 Å². The van der Waals surface area contributed by atoms with Crippen molar-refractivity contribution in [2.24, 2.45) is 0 Å². The van der Waals surface area contributed by atoms with Crippen molar-refractivity contribution >= 4 is 88.2 Å². The van der Waals surface area contributed by atoms with E-state index in [0.717, 1.165) is 84.3 Å². The Morgan fingerprint density at radius 2 is 1.22 bits per heavy atom. The summed E-state index contributed by atoms with van der Waals surface area (Å²) in [5.74, 6) is 4.22. The fraction of sp³-hybridized carbons (Fsp3) is 0.102. The van der Waals surface area contributed by atoms with Gasteiger partial charge in [0, 0.05) is 49.7 Å². The second-order valence-corrected chi connectivity index (χ2v) is 17.9. The van der Waals surface area contributed by atoms with E-state index in [9.17, 15) is 0 Å². The quantitative estimate of drug-likeness (QED) is 0.177. The van der Waals surface area contributed by atoms with E-state index in [-0.39, 0.29) is 11.8 Å². The zero-order chi connectivity index (χ0) is 42.9. The van der Waals surface area contributed by atoms with E-state index in [1.165, 1.54) is 43.4 Å². The van der Waals surface area contributed by atoms with Crippen LogP contribution in [-0.4, -0.2) is 19.5 Å². The van der Waals surface area contributed by atoms with Crippen LogP contribution in [0.1, 0.15) is 66.5 Å². The van der Waals surface area contributed by atoms with Crippen molar-refractivity contribution in [2.75, 3.05) is 0 Å². The second-order valence-electron chi connectivity index (χ2n) is 17.9. The van der Waals surface area contributed by atoms with E-state index in [4.69, 9.17) is 23.8 Å². The Hall–Kier alpha value is -8.09. The van der Waals surface area contributed by atoms with Gasteiger partial charge < -0.3 is 13.4 Å². The summed E-state index contributed by atoms with van der Waals surface area (Å²) < 4.78 is 15.9. The molecule has 6 nitrogen and oxygen atoms in total. The van der Waals surface area contributed by atoms with Crippen LogP contribution in [0.4, 0.5) is 0 Å². The van der Waals surface area contributed by atoms with Crippen LogP contribution in [0.25, 0.3) is 117 Å². The largest absolute Gasteiger partial charge is 0.457 e. The van der Waals surface area contributed by atoms with Crippen molar-refractivity contribution in [1.29, 1.82) is 0 Å². The number of rotatable bonds is 4. The zero-order valence-corrected chi connectivity index (χ0v) is 35.8. The monoisotopic (exact) mass is 836 g/mol. The highest BCUT2D eigenvalue weighted by Gasteiger charge is 2.35. The van der Waals surface area contributed by atoms with Crippen LogP contribution in [0.5, 0.6) is 0 Å².